The van der Waals surface area contributed by atoms with Crippen molar-refractivity contribution in [2.45, 2.75) is 20.3 Å². The second kappa shape index (κ2) is 2.33. The Bertz CT molecular complexity index is 133. The average molecular weight is 144 g/mol. The maximum atomic E-state index is 11.1. The summed E-state index contributed by atoms with van der Waals surface area (Å²) >= 11 is 1.76. The third-order valence-electron chi connectivity index (χ3n) is 2.11. The fourth-order valence-electron chi connectivity index (χ4n) is 0.923. The van der Waals surface area contributed by atoms with Gasteiger partial charge in [0.25, 0.3) is 0 Å². The molecule has 0 aromatic rings. The van der Waals surface area contributed by atoms with Crippen molar-refractivity contribution in [3.05, 3.63) is 0 Å². The van der Waals surface area contributed by atoms with Crippen molar-refractivity contribution < 1.29 is 4.79 Å². The molecule has 1 atom stereocenters. The van der Waals surface area contributed by atoms with Crippen LogP contribution >= 0.6 is 11.8 Å². The topological polar surface area (TPSA) is 17.1 Å². The van der Waals surface area contributed by atoms with Crippen LogP contribution in [0.4, 0.5) is 0 Å². The quantitative estimate of drug-likeness (QED) is 0.557. The third-order valence-corrected chi connectivity index (χ3v) is 3.41. The van der Waals surface area contributed by atoms with Gasteiger partial charge in [0.1, 0.15) is 5.78 Å². The summed E-state index contributed by atoms with van der Waals surface area (Å²) in [6.07, 6.45) is 0.999. The standard InChI is InChI=1S/C7H12OS/c1-3-7(2)5-9-4-6(7)8/h3-5H2,1-2H3. The van der Waals surface area contributed by atoms with E-state index in [1.807, 2.05) is 0 Å². The summed E-state index contributed by atoms with van der Waals surface area (Å²) in [7, 11) is 0. The summed E-state index contributed by atoms with van der Waals surface area (Å²) in [4.78, 5) is 11.1. The number of carbonyl (C=O) groups is 1. The van der Waals surface area contributed by atoms with Gasteiger partial charge in [-0.3, -0.25) is 4.79 Å². The van der Waals surface area contributed by atoms with Crippen LogP contribution in [0.5, 0.6) is 0 Å². The van der Waals surface area contributed by atoms with E-state index in [0.29, 0.717) is 5.78 Å². The van der Waals surface area contributed by atoms with E-state index in [0.717, 1.165) is 17.9 Å². The molecule has 9 heavy (non-hydrogen) atoms. The first-order chi connectivity index (χ1) is 4.19. The second-order valence-electron chi connectivity index (χ2n) is 2.83. The van der Waals surface area contributed by atoms with Gasteiger partial charge in [-0.1, -0.05) is 13.8 Å². The van der Waals surface area contributed by atoms with Crippen LogP contribution < -0.4 is 0 Å². The van der Waals surface area contributed by atoms with Crippen molar-refractivity contribution in [3.63, 3.8) is 0 Å². The van der Waals surface area contributed by atoms with E-state index in [9.17, 15) is 4.79 Å². The first kappa shape index (κ1) is 7.13. The van der Waals surface area contributed by atoms with Crippen molar-refractivity contribution in [3.8, 4) is 0 Å². The Morgan fingerprint density at radius 2 is 2.44 bits per heavy atom. The summed E-state index contributed by atoms with van der Waals surface area (Å²) in [6, 6.07) is 0. The van der Waals surface area contributed by atoms with Crippen molar-refractivity contribution in [2.75, 3.05) is 11.5 Å². The molecule has 2 heteroatoms. The number of carbonyl (C=O) groups excluding carboxylic acids is 1. The minimum absolute atomic E-state index is 0.0185. The number of thioether (sulfide) groups is 1. The Labute approximate surface area is 60.2 Å². The molecule has 0 amide bonds. The van der Waals surface area contributed by atoms with Gasteiger partial charge in [-0.15, -0.1) is 0 Å². The second-order valence-corrected chi connectivity index (χ2v) is 3.82. The fourth-order valence-corrected chi connectivity index (χ4v) is 2.37. The molecule has 0 saturated carbocycles. The van der Waals surface area contributed by atoms with Gasteiger partial charge in [0.2, 0.25) is 0 Å². The molecule has 0 N–H and O–H groups in total. The highest BCUT2D eigenvalue weighted by Gasteiger charge is 2.35. The molecule has 1 heterocycles. The lowest BCUT2D eigenvalue weighted by Gasteiger charge is -2.16. The molecule has 1 aliphatic rings. The van der Waals surface area contributed by atoms with Gasteiger partial charge in [-0.05, 0) is 6.42 Å². The van der Waals surface area contributed by atoms with Crippen molar-refractivity contribution >= 4 is 17.5 Å². The van der Waals surface area contributed by atoms with Crippen LogP contribution in [-0.4, -0.2) is 17.3 Å². The van der Waals surface area contributed by atoms with Crippen molar-refractivity contribution in [2.24, 2.45) is 5.41 Å². The molecule has 1 unspecified atom stereocenters. The SMILES string of the molecule is CCC1(C)CSCC1=O. The zero-order valence-electron chi connectivity index (χ0n) is 5.94. The van der Waals surface area contributed by atoms with Gasteiger partial charge in [-0.2, -0.15) is 11.8 Å². The molecular weight excluding hydrogens is 132 g/mol. The highest BCUT2D eigenvalue weighted by atomic mass is 32.2. The molecule has 0 aromatic heterocycles. The van der Waals surface area contributed by atoms with Gasteiger partial charge in [-0.25, -0.2) is 0 Å². The number of hydrogen-bond donors (Lipinski definition) is 0. The largest absolute Gasteiger partial charge is 0.298 e. The fraction of sp³-hybridized carbons (Fsp3) is 0.857. The predicted molar refractivity (Wildman–Crippen MR) is 40.7 cm³/mol. The summed E-state index contributed by atoms with van der Waals surface area (Å²) < 4.78 is 0. The van der Waals surface area contributed by atoms with Crippen molar-refractivity contribution in [1.82, 2.24) is 0 Å². The first-order valence-electron chi connectivity index (χ1n) is 3.30. The van der Waals surface area contributed by atoms with Crippen LogP contribution in [0.15, 0.2) is 0 Å². The molecule has 0 aromatic carbocycles. The normalized spacial score (nSPS) is 35.6. The van der Waals surface area contributed by atoms with Gasteiger partial charge in [0, 0.05) is 11.2 Å². The lowest BCUT2D eigenvalue weighted by atomic mass is 9.86. The molecule has 1 rings (SSSR count). The Balaban J connectivity index is 2.67. The van der Waals surface area contributed by atoms with Crippen molar-refractivity contribution in [1.29, 1.82) is 0 Å². The van der Waals surface area contributed by atoms with Crippen LogP contribution in [0.3, 0.4) is 0 Å². The molecule has 0 bridgehead atoms. The van der Waals surface area contributed by atoms with Gasteiger partial charge >= 0.3 is 0 Å². The molecule has 1 aliphatic heterocycles. The highest BCUT2D eigenvalue weighted by Crippen LogP contribution is 2.34. The summed E-state index contributed by atoms with van der Waals surface area (Å²) in [5.41, 5.74) is 0.0185. The molecular formula is C7H12OS. The number of ketones is 1. The smallest absolute Gasteiger partial charge is 0.149 e. The number of Topliss-reactive ketones (excluding diaryl/α,β-unsaturated/α-hetero) is 1. The maximum absolute atomic E-state index is 11.1. The Morgan fingerprint density at radius 3 is 2.67 bits per heavy atom. The number of rotatable bonds is 1. The molecule has 52 valence electrons. The minimum atomic E-state index is 0.0185. The minimum Gasteiger partial charge on any atom is -0.298 e. The Morgan fingerprint density at radius 1 is 1.78 bits per heavy atom. The summed E-state index contributed by atoms with van der Waals surface area (Å²) in [6.45, 7) is 4.15. The van der Waals surface area contributed by atoms with E-state index < -0.39 is 0 Å². The van der Waals surface area contributed by atoms with Crippen LogP contribution in [0.1, 0.15) is 20.3 Å². The van der Waals surface area contributed by atoms with Gasteiger partial charge in [0.05, 0.1) is 5.75 Å². The molecule has 0 spiro atoms. The monoisotopic (exact) mass is 144 g/mol. The molecule has 1 fully saturated rings. The van der Waals surface area contributed by atoms with E-state index >= 15 is 0 Å². The van der Waals surface area contributed by atoms with Crippen LogP contribution in [-0.2, 0) is 4.79 Å². The van der Waals surface area contributed by atoms with E-state index in [-0.39, 0.29) is 5.41 Å². The summed E-state index contributed by atoms with van der Waals surface area (Å²) in [5, 5.41) is 0. The highest BCUT2D eigenvalue weighted by molar-refractivity contribution is 8.00. The van der Waals surface area contributed by atoms with E-state index in [4.69, 9.17) is 0 Å². The molecule has 1 saturated heterocycles. The van der Waals surface area contributed by atoms with E-state index in [1.54, 1.807) is 11.8 Å². The zero-order chi connectivity index (χ0) is 6.91. The average Bonchev–Trinajstić information content (AvgIpc) is 2.15. The third kappa shape index (κ3) is 1.13. The lowest BCUT2D eigenvalue weighted by Crippen LogP contribution is -2.24. The Hall–Kier alpha value is 0.0200. The van der Waals surface area contributed by atoms with Gasteiger partial charge < -0.3 is 0 Å². The molecule has 1 nitrogen and oxygen atoms in total. The zero-order valence-corrected chi connectivity index (χ0v) is 6.75. The first-order valence-corrected chi connectivity index (χ1v) is 4.45. The molecule has 0 aliphatic carbocycles. The maximum Gasteiger partial charge on any atom is 0.149 e. The Kier molecular flexibility index (Phi) is 1.85. The van der Waals surface area contributed by atoms with E-state index in [2.05, 4.69) is 13.8 Å². The predicted octanol–water partition coefficient (Wildman–Crippen LogP) is 1.72. The van der Waals surface area contributed by atoms with Crippen LogP contribution in [0.25, 0.3) is 0 Å². The number of hydrogen-bond acceptors (Lipinski definition) is 2. The molecule has 0 radical (unpaired) electrons. The van der Waals surface area contributed by atoms with E-state index in [1.165, 1.54) is 0 Å². The summed E-state index contributed by atoms with van der Waals surface area (Å²) in [5.74, 6) is 2.21. The van der Waals surface area contributed by atoms with Crippen LogP contribution in [0.2, 0.25) is 0 Å². The lowest BCUT2D eigenvalue weighted by molar-refractivity contribution is -0.123. The van der Waals surface area contributed by atoms with Gasteiger partial charge in [0.15, 0.2) is 0 Å². The van der Waals surface area contributed by atoms with Crippen LogP contribution in [0, 0.1) is 5.41 Å².